The molecular weight excluding hydrogens is 328 g/mol. The highest BCUT2D eigenvalue weighted by Gasteiger charge is 2.94. The molecule has 0 aromatic heterocycles. The minimum Gasteiger partial charge on any atom is -0.346 e. The maximum absolute atomic E-state index is 12.8. The molecule has 0 radical (unpaired) electrons. The Balaban J connectivity index is 1.57. The minimum absolute atomic E-state index is 0.0703. The van der Waals surface area contributed by atoms with E-state index in [0.717, 1.165) is 6.42 Å². The first-order valence-corrected chi connectivity index (χ1v) is 8.25. The first-order valence-electron chi connectivity index (χ1n) is 7.46. The van der Waals surface area contributed by atoms with Crippen molar-refractivity contribution >= 4 is 21.7 Å². The van der Waals surface area contributed by atoms with Crippen LogP contribution in [0.3, 0.4) is 0 Å². The molecule has 0 aromatic carbocycles. The molecule has 2 spiro atoms. The van der Waals surface area contributed by atoms with Gasteiger partial charge in [0.15, 0.2) is 11.6 Å². The van der Waals surface area contributed by atoms with Gasteiger partial charge in [0.2, 0.25) is 5.79 Å². The highest BCUT2D eigenvalue weighted by atomic mass is 79.9. The van der Waals surface area contributed by atoms with E-state index in [2.05, 4.69) is 15.9 Å². The van der Waals surface area contributed by atoms with Crippen LogP contribution in [0.15, 0.2) is 0 Å². The van der Waals surface area contributed by atoms with Crippen LogP contribution in [-0.4, -0.2) is 48.1 Å². The summed E-state index contributed by atoms with van der Waals surface area (Å²) in [5.74, 6) is -0.441. The van der Waals surface area contributed by atoms with Gasteiger partial charge in [-0.25, -0.2) is 0 Å². The summed E-state index contributed by atoms with van der Waals surface area (Å²) in [6.07, 6.45) is 0.983. The Morgan fingerprint density at radius 3 is 2.30 bits per heavy atom. The van der Waals surface area contributed by atoms with Crippen LogP contribution >= 0.6 is 15.9 Å². The van der Waals surface area contributed by atoms with E-state index in [0.29, 0.717) is 32.3 Å². The Labute approximate surface area is 124 Å². The van der Waals surface area contributed by atoms with Crippen LogP contribution in [0.4, 0.5) is 0 Å². The van der Waals surface area contributed by atoms with Crippen molar-refractivity contribution in [3.63, 3.8) is 0 Å². The summed E-state index contributed by atoms with van der Waals surface area (Å²) in [4.78, 5) is 12.8. The van der Waals surface area contributed by atoms with E-state index in [-0.39, 0.29) is 33.8 Å². The molecule has 6 heteroatoms. The van der Waals surface area contributed by atoms with Crippen molar-refractivity contribution in [1.82, 2.24) is 0 Å². The van der Waals surface area contributed by atoms with Crippen LogP contribution < -0.4 is 0 Å². The monoisotopic (exact) mass is 342 g/mol. The van der Waals surface area contributed by atoms with Gasteiger partial charge in [0.1, 0.15) is 0 Å². The maximum Gasteiger partial charge on any atom is 0.233 e. The third kappa shape index (κ3) is 0.792. The molecule has 4 aliphatic carbocycles. The van der Waals surface area contributed by atoms with Crippen molar-refractivity contribution in [2.24, 2.45) is 29.6 Å². The summed E-state index contributed by atoms with van der Waals surface area (Å²) >= 11 is 3.95. The number of hydrogen-bond acceptors (Lipinski definition) is 5. The van der Waals surface area contributed by atoms with Gasteiger partial charge in [-0.05, 0) is 18.3 Å². The minimum atomic E-state index is -0.997. The number of ketones is 1. The predicted octanol–water partition coefficient (Wildman–Crippen LogP) is 0.701. The van der Waals surface area contributed by atoms with Crippen molar-refractivity contribution in [3.05, 3.63) is 0 Å². The molecule has 2 heterocycles. The maximum atomic E-state index is 12.8. The molecule has 6 atom stereocenters. The molecule has 2 saturated heterocycles. The average Bonchev–Trinajstić information content (AvgIpc) is 3.20. The lowest BCUT2D eigenvalue weighted by atomic mass is 9.55. The Kier molecular flexibility index (Phi) is 1.75. The van der Waals surface area contributed by atoms with E-state index in [1.165, 1.54) is 0 Å². The summed E-state index contributed by atoms with van der Waals surface area (Å²) in [6, 6.07) is 0. The zero-order valence-electron chi connectivity index (χ0n) is 10.8. The first-order chi connectivity index (χ1) is 9.67. The van der Waals surface area contributed by atoms with E-state index in [9.17, 15) is 4.79 Å². The molecule has 0 unspecified atom stereocenters. The Hall–Kier alpha value is -0.0100. The summed E-state index contributed by atoms with van der Waals surface area (Å²) in [7, 11) is 0. The highest BCUT2D eigenvalue weighted by Crippen LogP contribution is 2.85. The van der Waals surface area contributed by atoms with Gasteiger partial charge in [-0.15, -0.1) is 0 Å². The van der Waals surface area contributed by atoms with E-state index in [1.54, 1.807) is 0 Å². The molecule has 5 nitrogen and oxygen atoms in total. The number of fused-ring (bicyclic) bond motifs is 3. The topological polar surface area (TPSA) is 54.0 Å². The molecule has 6 aliphatic rings. The summed E-state index contributed by atoms with van der Waals surface area (Å²) in [5, 5.41) is 0. The van der Waals surface area contributed by atoms with Gasteiger partial charge < -0.3 is 18.9 Å². The van der Waals surface area contributed by atoms with Crippen molar-refractivity contribution in [1.29, 1.82) is 0 Å². The van der Waals surface area contributed by atoms with Gasteiger partial charge >= 0.3 is 0 Å². The van der Waals surface area contributed by atoms with Crippen LogP contribution in [0.2, 0.25) is 0 Å². The number of Topliss-reactive ketones (excluding diaryl/α,β-unsaturated/α-hetero) is 1. The van der Waals surface area contributed by atoms with Crippen molar-refractivity contribution in [2.45, 2.75) is 22.3 Å². The molecule has 6 rings (SSSR count). The van der Waals surface area contributed by atoms with Crippen molar-refractivity contribution in [3.8, 4) is 0 Å². The van der Waals surface area contributed by atoms with E-state index >= 15 is 0 Å². The molecule has 0 aromatic rings. The van der Waals surface area contributed by atoms with Gasteiger partial charge in [0.25, 0.3) is 0 Å². The fourth-order valence-corrected chi connectivity index (χ4v) is 7.98. The predicted molar refractivity (Wildman–Crippen MR) is 68.0 cm³/mol. The second-order valence-electron chi connectivity index (χ2n) is 6.89. The molecule has 20 heavy (non-hydrogen) atoms. The fourth-order valence-electron chi connectivity index (χ4n) is 6.41. The van der Waals surface area contributed by atoms with Gasteiger partial charge in [-0.2, -0.15) is 0 Å². The second-order valence-corrected chi connectivity index (χ2v) is 8.20. The quantitative estimate of drug-likeness (QED) is 0.606. The molecule has 2 aliphatic heterocycles. The molecule has 6 fully saturated rings. The van der Waals surface area contributed by atoms with Gasteiger partial charge in [0, 0.05) is 17.8 Å². The highest BCUT2D eigenvalue weighted by molar-refractivity contribution is 9.10. The lowest BCUT2D eigenvalue weighted by Gasteiger charge is -2.54. The van der Waals surface area contributed by atoms with Crippen molar-refractivity contribution < 1.29 is 23.7 Å². The van der Waals surface area contributed by atoms with E-state index < -0.39 is 11.6 Å². The molecule has 0 amide bonds. The number of carbonyl (C=O) groups excluding carboxylic acids is 1. The van der Waals surface area contributed by atoms with Crippen molar-refractivity contribution in [2.75, 3.05) is 26.4 Å². The van der Waals surface area contributed by atoms with E-state index in [1.807, 2.05) is 0 Å². The summed E-state index contributed by atoms with van der Waals surface area (Å²) in [6.45, 7) is 2.32. The normalized spacial score (nSPS) is 59.0. The van der Waals surface area contributed by atoms with Crippen LogP contribution in [0.25, 0.3) is 0 Å². The third-order valence-corrected chi connectivity index (χ3v) is 8.38. The third-order valence-electron chi connectivity index (χ3n) is 6.71. The Morgan fingerprint density at radius 1 is 0.950 bits per heavy atom. The van der Waals surface area contributed by atoms with Crippen LogP contribution in [0.5, 0.6) is 0 Å². The lowest BCUT2D eigenvalue weighted by Crippen LogP contribution is -2.64. The second kappa shape index (κ2) is 3.04. The molecule has 0 N–H and O–H groups in total. The number of rotatable bonds is 0. The fraction of sp³-hybridized carbons (Fsp3) is 0.929. The smallest absolute Gasteiger partial charge is 0.233 e. The zero-order valence-corrected chi connectivity index (χ0v) is 12.4. The lowest BCUT2D eigenvalue weighted by molar-refractivity contribution is -0.224. The largest absolute Gasteiger partial charge is 0.346 e. The first kappa shape index (κ1) is 11.5. The van der Waals surface area contributed by atoms with Crippen LogP contribution in [-0.2, 0) is 23.7 Å². The molecule has 4 saturated carbocycles. The number of ether oxygens (including phenoxy) is 4. The number of alkyl halides is 1. The molecule has 2 bridgehead atoms. The average molecular weight is 343 g/mol. The summed E-state index contributed by atoms with van der Waals surface area (Å²) < 4.78 is 23.7. The van der Waals surface area contributed by atoms with Crippen LogP contribution in [0.1, 0.15) is 6.42 Å². The number of hydrogen-bond donors (Lipinski definition) is 0. The van der Waals surface area contributed by atoms with Gasteiger partial charge in [-0.3, -0.25) is 4.79 Å². The SMILES string of the molecule is O=C1[C@H]2[C@@H]3[C@H]([C@@H]4C[C@@H]2[C@]3(Br)C42OCCO2)C12OCCO2. The number of carbonyl (C=O) groups is 1. The molecule has 108 valence electrons. The van der Waals surface area contributed by atoms with E-state index in [4.69, 9.17) is 18.9 Å². The van der Waals surface area contributed by atoms with Gasteiger partial charge in [0.05, 0.1) is 30.8 Å². The summed E-state index contributed by atoms with van der Waals surface area (Å²) in [5.41, 5.74) is 0. The number of halogens is 1. The standard InChI is InChI=1S/C14H15BrO5/c15-12-6-5-7(14(12)19-3-4-20-14)9-10(12)8(6)11(16)13(9)17-1-2-18-13/h6-10H,1-5H2/t6-,7-,8+,9-,10+,12+/m0/s1. The zero-order chi connectivity index (χ0) is 13.3. The Bertz CT molecular complexity index is 538. The van der Waals surface area contributed by atoms with Gasteiger partial charge in [-0.1, -0.05) is 15.9 Å². The van der Waals surface area contributed by atoms with Crippen LogP contribution in [0, 0.1) is 29.6 Å². The Morgan fingerprint density at radius 2 is 1.60 bits per heavy atom. The molecular formula is C14H15BrO5.